The van der Waals surface area contributed by atoms with Crippen molar-refractivity contribution in [3.05, 3.63) is 71.8 Å². The molecule has 0 fully saturated rings. The zero-order valence-electron chi connectivity index (χ0n) is 22.4. The van der Waals surface area contributed by atoms with Gasteiger partial charge in [-0.1, -0.05) is 60.7 Å². The minimum Gasteiger partial charge on any atom is -0.480 e. The zero-order chi connectivity index (χ0) is 29.5. The van der Waals surface area contributed by atoms with Crippen molar-refractivity contribution in [1.29, 1.82) is 0 Å². The van der Waals surface area contributed by atoms with E-state index in [0.29, 0.717) is 5.75 Å². The van der Waals surface area contributed by atoms with Crippen LogP contribution in [0.15, 0.2) is 60.7 Å². The Kier molecular flexibility index (Phi) is 13.7. The molecule has 0 radical (unpaired) electrons. The van der Waals surface area contributed by atoms with Gasteiger partial charge in [-0.25, -0.2) is 4.79 Å². The van der Waals surface area contributed by atoms with Crippen molar-refractivity contribution in [1.82, 2.24) is 16.0 Å². The van der Waals surface area contributed by atoms with E-state index in [1.807, 2.05) is 18.4 Å². The summed E-state index contributed by atoms with van der Waals surface area (Å²) < 4.78 is 0. The fourth-order valence-electron chi connectivity index (χ4n) is 3.86. The van der Waals surface area contributed by atoms with Crippen LogP contribution >= 0.6 is 11.8 Å². The molecule has 8 N–H and O–H groups in total. The molecule has 4 atom stereocenters. The first kappa shape index (κ1) is 32.3. The fourth-order valence-corrected chi connectivity index (χ4v) is 4.33. The molecule has 2 aromatic carbocycles. The van der Waals surface area contributed by atoms with Crippen LogP contribution in [0.1, 0.15) is 30.4 Å². The van der Waals surface area contributed by atoms with E-state index < -0.39 is 53.8 Å². The molecule has 2 rings (SSSR count). The smallest absolute Gasteiger partial charge is 0.326 e. The van der Waals surface area contributed by atoms with Crippen LogP contribution in [0.3, 0.4) is 0 Å². The van der Waals surface area contributed by atoms with Crippen molar-refractivity contribution in [2.45, 2.75) is 56.3 Å². The topological polar surface area (TPSA) is 194 Å². The van der Waals surface area contributed by atoms with Crippen LogP contribution in [0, 0.1) is 0 Å². The molecule has 0 aliphatic heterocycles. The Morgan fingerprint density at radius 1 is 0.750 bits per heavy atom. The van der Waals surface area contributed by atoms with E-state index in [1.54, 1.807) is 48.5 Å². The van der Waals surface area contributed by atoms with Gasteiger partial charge in [0.1, 0.15) is 18.1 Å². The maximum Gasteiger partial charge on any atom is 0.326 e. The highest BCUT2D eigenvalue weighted by molar-refractivity contribution is 7.98. The number of benzene rings is 2. The monoisotopic (exact) mass is 571 g/mol. The lowest BCUT2D eigenvalue weighted by Crippen LogP contribution is -2.58. The first-order valence-corrected chi connectivity index (χ1v) is 14.2. The van der Waals surface area contributed by atoms with E-state index >= 15 is 0 Å². The highest BCUT2D eigenvalue weighted by Crippen LogP contribution is 2.09. The van der Waals surface area contributed by atoms with Gasteiger partial charge in [0.15, 0.2) is 0 Å². The Morgan fingerprint density at radius 2 is 1.20 bits per heavy atom. The summed E-state index contributed by atoms with van der Waals surface area (Å²) in [6, 6.07) is 13.5. The molecule has 4 unspecified atom stereocenters. The number of hydrogen-bond donors (Lipinski definition) is 6. The Morgan fingerprint density at radius 3 is 1.62 bits per heavy atom. The predicted molar refractivity (Wildman–Crippen MR) is 153 cm³/mol. The summed E-state index contributed by atoms with van der Waals surface area (Å²) in [5.74, 6) is -3.21. The van der Waals surface area contributed by atoms with Gasteiger partial charge in [-0.05, 0) is 36.0 Å². The second-order valence-electron chi connectivity index (χ2n) is 9.29. The number of rotatable bonds is 17. The summed E-state index contributed by atoms with van der Waals surface area (Å²) in [5.41, 5.74) is 12.6. The fraction of sp³-hybridized carbons (Fsp3) is 0.393. The molecule has 11 nitrogen and oxygen atoms in total. The largest absolute Gasteiger partial charge is 0.480 e. The van der Waals surface area contributed by atoms with Crippen LogP contribution in [-0.2, 0) is 36.8 Å². The third-order valence-corrected chi connectivity index (χ3v) is 6.74. The Labute approximate surface area is 237 Å². The van der Waals surface area contributed by atoms with Crippen molar-refractivity contribution < 1.29 is 29.1 Å². The molecule has 2 aromatic rings. The molecule has 0 heterocycles. The van der Waals surface area contributed by atoms with E-state index in [2.05, 4.69) is 16.0 Å². The van der Waals surface area contributed by atoms with Crippen LogP contribution in [0.5, 0.6) is 0 Å². The summed E-state index contributed by atoms with van der Waals surface area (Å²) in [5, 5.41) is 17.4. The van der Waals surface area contributed by atoms with Crippen LogP contribution in [0.25, 0.3) is 0 Å². The average Bonchev–Trinajstić information content (AvgIpc) is 2.93. The first-order valence-electron chi connectivity index (χ1n) is 12.8. The maximum atomic E-state index is 13.5. The number of carboxylic acids is 1. The minimum atomic E-state index is -1.17. The molecule has 0 spiro atoms. The van der Waals surface area contributed by atoms with Crippen LogP contribution < -0.4 is 27.4 Å². The van der Waals surface area contributed by atoms with E-state index in [9.17, 15) is 29.1 Å². The first-order chi connectivity index (χ1) is 19.1. The molecular formula is C28H37N5O6S. The van der Waals surface area contributed by atoms with Crippen molar-refractivity contribution >= 4 is 41.4 Å². The van der Waals surface area contributed by atoms with Crippen molar-refractivity contribution in [2.75, 3.05) is 12.0 Å². The molecule has 12 heteroatoms. The predicted octanol–water partition coefficient (Wildman–Crippen LogP) is 0.357. The summed E-state index contributed by atoms with van der Waals surface area (Å²) in [6.07, 6.45) is 2.16. The lowest BCUT2D eigenvalue weighted by atomic mass is 10.0. The second-order valence-corrected chi connectivity index (χ2v) is 10.3. The summed E-state index contributed by atoms with van der Waals surface area (Å²) >= 11 is 1.45. The molecule has 0 aliphatic rings. The van der Waals surface area contributed by atoms with Gasteiger partial charge < -0.3 is 32.5 Å². The average molecular weight is 572 g/mol. The number of carbonyl (C=O) groups is 5. The molecule has 0 saturated heterocycles. The molecular weight excluding hydrogens is 534 g/mol. The number of thioether (sulfide) groups is 1. The molecule has 40 heavy (non-hydrogen) atoms. The Bertz CT molecular complexity index is 1130. The van der Waals surface area contributed by atoms with Gasteiger partial charge in [0.25, 0.3) is 0 Å². The minimum absolute atomic E-state index is 0.00645. The van der Waals surface area contributed by atoms with Gasteiger partial charge >= 0.3 is 5.97 Å². The van der Waals surface area contributed by atoms with Gasteiger partial charge in [-0.2, -0.15) is 11.8 Å². The summed E-state index contributed by atoms with van der Waals surface area (Å²) in [6.45, 7) is 0. The van der Waals surface area contributed by atoms with Gasteiger partial charge in [0.2, 0.25) is 23.6 Å². The Balaban J connectivity index is 2.27. The van der Waals surface area contributed by atoms with E-state index in [4.69, 9.17) is 11.5 Å². The number of nitrogens with two attached hydrogens (primary N) is 2. The van der Waals surface area contributed by atoms with Crippen molar-refractivity contribution in [3.63, 3.8) is 0 Å². The molecule has 0 aliphatic carbocycles. The maximum absolute atomic E-state index is 13.5. The van der Waals surface area contributed by atoms with Crippen LogP contribution in [0.2, 0.25) is 0 Å². The van der Waals surface area contributed by atoms with Crippen molar-refractivity contribution in [3.8, 4) is 0 Å². The normalized spacial score (nSPS) is 13.8. The molecule has 0 bridgehead atoms. The van der Waals surface area contributed by atoms with Crippen LogP contribution in [-0.4, -0.2) is 70.9 Å². The highest BCUT2D eigenvalue weighted by Gasteiger charge is 2.30. The lowest BCUT2D eigenvalue weighted by molar-refractivity contribution is -0.142. The standard InChI is InChI=1S/C28H37N5O6S/c1-40-15-14-21(28(38)39)31-26(36)23(17-19-10-6-3-7-11-19)33-27(37)22(16-18-8-4-2-5-9-18)32-25(35)20(29)12-13-24(30)34/h2-11,20-23H,12-17,29H2,1H3,(H2,30,34)(H,31,36)(H,32,35)(H,33,37)(H,38,39). The summed E-state index contributed by atoms with van der Waals surface area (Å²) in [4.78, 5) is 62.4. The number of hydrogen-bond acceptors (Lipinski definition) is 7. The Hall–Kier alpha value is -3.90. The van der Waals surface area contributed by atoms with Gasteiger partial charge in [-0.15, -0.1) is 0 Å². The number of nitrogens with one attached hydrogen (secondary N) is 3. The second kappa shape index (κ2) is 16.9. The van der Waals surface area contributed by atoms with E-state index in [-0.39, 0.29) is 32.1 Å². The highest BCUT2D eigenvalue weighted by atomic mass is 32.2. The molecule has 0 saturated carbocycles. The quantitative estimate of drug-likeness (QED) is 0.157. The molecule has 0 aromatic heterocycles. The third kappa shape index (κ3) is 11.5. The van der Waals surface area contributed by atoms with Gasteiger partial charge in [-0.3, -0.25) is 19.2 Å². The van der Waals surface area contributed by atoms with Gasteiger partial charge in [0, 0.05) is 19.3 Å². The SMILES string of the molecule is CSCCC(NC(=O)C(Cc1ccccc1)NC(=O)C(Cc1ccccc1)NC(=O)C(N)CCC(N)=O)C(=O)O. The van der Waals surface area contributed by atoms with Crippen molar-refractivity contribution in [2.24, 2.45) is 11.5 Å². The van der Waals surface area contributed by atoms with E-state index in [1.165, 1.54) is 11.8 Å². The zero-order valence-corrected chi connectivity index (χ0v) is 23.2. The third-order valence-electron chi connectivity index (χ3n) is 6.10. The van der Waals surface area contributed by atoms with Gasteiger partial charge in [0.05, 0.1) is 6.04 Å². The lowest BCUT2D eigenvalue weighted by Gasteiger charge is -2.25. The number of carbonyl (C=O) groups excluding carboxylic acids is 4. The molecule has 216 valence electrons. The number of carboxylic acid groups (broad SMARTS) is 1. The molecule has 4 amide bonds. The number of amides is 4. The number of aliphatic carboxylic acids is 1. The summed E-state index contributed by atoms with van der Waals surface area (Å²) in [7, 11) is 0. The number of primary amides is 1. The van der Waals surface area contributed by atoms with Crippen LogP contribution in [0.4, 0.5) is 0 Å². The van der Waals surface area contributed by atoms with E-state index in [0.717, 1.165) is 11.1 Å².